The van der Waals surface area contributed by atoms with Gasteiger partial charge in [0.15, 0.2) is 0 Å². The Balaban J connectivity index is 1.37. The van der Waals surface area contributed by atoms with Crippen molar-refractivity contribution < 1.29 is 36.6 Å². The van der Waals surface area contributed by atoms with Gasteiger partial charge in [-0.3, -0.25) is 4.79 Å². The fourth-order valence-electron chi connectivity index (χ4n) is 4.80. The van der Waals surface area contributed by atoms with E-state index in [1.165, 1.54) is 36.4 Å². The number of carbonyl (C=O) groups is 1. The second-order valence-corrected chi connectivity index (χ2v) is 9.48. The Morgan fingerprint density at radius 2 is 1.68 bits per heavy atom. The van der Waals surface area contributed by atoms with Gasteiger partial charge in [0, 0.05) is 32.2 Å². The van der Waals surface area contributed by atoms with Crippen LogP contribution in [-0.4, -0.2) is 67.2 Å². The van der Waals surface area contributed by atoms with Crippen LogP contribution < -0.4 is 4.74 Å². The highest BCUT2D eigenvalue weighted by molar-refractivity contribution is 5.79. The number of benzene rings is 2. The Kier molecular flexibility index (Phi) is 9.39. The van der Waals surface area contributed by atoms with Gasteiger partial charge in [-0.05, 0) is 61.1 Å². The van der Waals surface area contributed by atoms with Gasteiger partial charge in [-0.25, -0.2) is 4.39 Å². The number of hydrogen-bond acceptors (Lipinski definition) is 5. The molecule has 2 aromatic carbocycles. The molecule has 0 saturated carbocycles. The van der Waals surface area contributed by atoms with E-state index in [1.54, 1.807) is 12.1 Å². The molecule has 0 aliphatic carbocycles. The molecule has 1 unspecified atom stereocenters. The maximum atomic E-state index is 13.4. The fraction of sp³-hybridized carbons (Fsp3) is 0.519. The minimum absolute atomic E-state index is 0.0148. The van der Waals surface area contributed by atoms with E-state index in [0.29, 0.717) is 18.9 Å². The average molecular weight is 525 g/mol. The van der Waals surface area contributed by atoms with Crippen LogP contribution >= 0.6 is 0 Å². The Bertz CT molecular complexity index is 987. The van der Waals surface area contributed by atoms with Crippen molar-refractivity contribution in [2.24, 2.45) is 0 Å². The topological polar surface area (TPSA) is 51.2 Å². The van der Waals surface area contributed by atoms with Gasteiger partial charge in [0.2, 0.25) is 5.91 Å². The molecule has 1 amide bonds. The third-order valence-electron chi connectivity index (χ3n) is 6.84. The Hall–Kier alpha value is -2.69. The Morgan fingerprint density at radius 3 is 2.30 bits per heavy atom. The number of carbonyl (C=O) groups excluding carboxylic acids is 1. The third kappa shape index (κ3) is 8.69. The monoisotopic (exact) mass is 524 g/mol. The smallest absolute Gasteiger partial charge is 0.406 e. The van der Waals surface area contributed by atoms with Crippen LogP contribution in [0.4, 0.5) is 17.6 Å². The molecule has 2 fully saturated rings. The number of likely N-dealkylation sites (tertiary alicyclic amines) is 1. The van der Waals surface area contributed by atoms with E-state index in [-0.39, 0.29) is 36.0 Å². The second kappa shape index (κ2) is 12.7. The van der Waals surface area contributed by atoms with Gasteiger partial charge >= 0.3 is 6.36 Å². The van der Waals surface area contributed by atoms with Gasteiger partial charge in [-0.1, -0.05) is 24.3 Å². The molecule has 1 atom stereocenters. The van der Waals surface area contributed by atoms with Crippen molar-refractivity contribution in [3.63, 3.8) is 0 Å². The second-order valence-electron chi connectivity index (χ2n) is 9.48. The molecule has 0 bridgehead atoms. The zero-order valence-electron chi connectivity index (χ0n) is 20.6. The summed E-state index contributed by atoms with van der Waals surface area (Å²) in [6, 6.07) is 11.5. The number of nitrogens with zero attached hydrogens (tertiary/aromatic N) is 2. The lowest BCUT2D eigenvalue weighted by molar-refractivity contribution is -0.274. The highest BCUT2D eigenvalue weighted by atomic mass is 19.4. The predicted octanol–water partition coefficient (Wildman–Crippen LogP) is 4.91. The molecular weight excluding hydrogens is 492 g/mol. The zero-order chi connectivity index (χ0) is 26.3. The molecule has 0 N–H and O–H groups in total. The van der Waals surface area contributed by atoms with Crippen LogP contribution in [0.25, 0.3) is 0 Å². The predicted molar refractivity (Wildman–Crippen MR) is 128 cm³/mol. The van der Waals surface area contributed by atoms with Crippen molar-refractivity contribution in [3.8, 4) is 5.75 Å². The molecule has 2 aromatic rings. The number of piperidine rings is 1. The van der Waals surface area contributed by atoms with Crippen molar-refractivity contribution in [2.75, 3.05) is 33.0 Å². The summed E-state index contributed by atoms with van der Waals surface area (Å²) in [6.45, 7) is 4.05. The van der Waals surface area contributed by atoms with E-state index in [9.17, 15) is 22.4 Å². The minimum atomic E-state index is -4.77. The number of alkyl halides is 3. The highest BCUT2D eigenvalue weighted by Gasteiger charge is 2.31. The first kappa shape index (κ1) is 27.3. The summed E-state index contributed by atoms with van der Waals surface area (Å²) in [4.78, 5) is 17.6. The van der Waals surface area contributed by atoms with Crippen molar-refractivity contribution in [1.29, 1.82) is 0 Å². The highest BCUT2D eigenvalue weighted by Crippen LogP contribution is 2.25. The fourth-order valence-corrected chi connectivity index (χ4v) is 4.80. The maximum absolute atomic E-state index is 13.4. The van der Waals surface area contributed by atoms with Gasteiger partial charge in [-0.2, -0.15) is 0 Å². The van der Waals surface area contributed by atoms with Gasteiger partial charge in [0.1, 0.15) is 18.4 Å². The third-order valence-corrected chi connectivity index (χ3v) is 6.84. The van der Waals surface area contributed by atoms with Crippen LogP contribution in [0, 0.1) is 5.82 Å². The maximum Gasteiger partial charge on any atom is 0.573 e. The lowest BCUT2D eigenvalue weighted by Gasteiger charge is -2.39. The van der Waals surface area contributed by atoms with Crippen molar-refractivity contribution >= 4 is 5.91 Å². The minimum Gasteiger partial charge on any atom is -0.406 e. The van der Waals surface area contributed by atoms with Crippen LogP contribution in [0.1, 0.15) is 36.8 Å². The molecule has 2 heterocycles. The first-order chi connectivity index (χ1) is 17.7. The summed E-state index contributed by atoms with van der Waals surface area (Å²) in [5.74, 6) is -0.794. The zero-order valence-corrected chi connectivity index (χ0v) is 20.6. The van der Waals surface area contributed by atoms with Crippen LogP contribution in [0.2, 0.25) is 0 Å². The largest absolute Gasteiger partial charge is 0.573 e. The van der Waals surface area contributed by atoms with Crippen LogP contribution in [0.15, 0.2) is 48.5 Å². The molecule has 6 nitrogen and oxygen atoms in total. The standard InChI is InChI=1S/C27H32F4N2O4/c28-22-5-1-21(2-6-22)18-33(26(34)17-20-3-7-25(8-4-20)37-27(29,30)31)23-9-13-32(14-10-23)15-11-24-12-16-35-19-36-24/h1-8,23-24H,9-19H2. The molecule has 2 aliphatic heterocycles. The first-order valence-electron chi connectivity index (χ1n) is 12.6. The van der Waals surface area contributed by atoms with E-state index in [1.807, 2.05) is 4.90 Å². The molecule has 0 aromatic heterocycles. The van der Waals surface area contributed by atoms with Gasteiger partial charge in [-0.15, -0.1) is 13.2 Å². The number of ether oxygens (including phenoxy) is 3. The molecule has 37 heavy (non-hydrogen) atoms. The normalized spacial score (nSPS) is 19.5. The Morgan fingerprint density at radius 1 is 1.00 bits per heavy atom. The lowest BCUT2D eigenvalue weighted by Crippen LogP contribution is -2.48. The lowest BCUT2D eigenvalue weighted by atomic mass is 10.00. The average Bonchev–Trinajstić information content (AvgIpc) is 2.88. The Labute approximate surface area is 214 Å². The molecule has 0 spiro atoms. The summed E-state index contributed by atoms with van der Waals surface area (Å²) in [5, 5.41) is 0. The number of amides is 1. The number of rotatable bonds is 9. The summed E-state index contributed by atoms with van der Waals surface area (Å²) >= 11 is 0. The van der Waals surface area contributed by atoms with E-state index in [2.05, 4.69) is 9.64 Å². The van der Waals surface area contributed by atoms with E-state index >= 15 is 0 Å². The molecule has 202 valence electrons. The first-order valence-corrected chi connectivity index (χ1v) is 12.6. The van der Waals surface area contributed by atoms with E-state index in [4.69, 9.17) is 9.47 Å². The van der Waals surface area contributed by atoms with Crippen LogP contribution in [0.5, 0.6) is 5.75 Å². The van der Waals surface area contributed by atoms with Gasteiger partial charge < -0.3 is 24.0 Å². The summed E-state index contributed by atoms with van der Waals surface area (Å²) < 4.78 is 65.5. The summed E-state index contributed by atoms with van der Waals surface area (Å²) in [5.41, 5.74) is 1.42. The molecule has 0 radical (unpaired) electrons. The van der Waals surface area contributed by atoms with Gasteiger partial charge in [0.25, 0.3) is 0 Å². The van der Waals surface area contributed by atoms with E-state index < -0.39 is 6.36 Å². The SMILES string of the molecule is O=C(Cc1ccc(OC(F)(F)F)cc1)N(Cc1ccc(F)cc1)C1CCN(CCC2CCOCO2)CC1. The molecular formula is C27H32F4N2O4. The van der Waals surface area contributed by atoms with E-state index in [0.717, 1.165) is 57.5 Å². The van der Waals surface area contributed by atoms with Crippen molar-refractivity contribution in [1.82, 2.24) is 9.80 Å². The van der Waals surface area contributed by atoms with Crippen LogP contribution in [-0.2, 0) is 27.2 Å². The number of hydrogen-bond donors (Lipinski definition) is 0. The quantitative estimate of drug-likeness (QED) is 0.437. The molecule has 2 saturated heterocycles. The summed E-state index contributed by atoms with van der Waals surface area (Å²) in [6.07, 6.45) is -1.04. The molecule has 10 heteroatoms. The molecule has 2 aliphatic rings. The molecule has 4 rings (SSSR count). The van der Waals surface area contributed by atoms with Crippen molar-refractivity contribution in [2.45, 2.75) is 57.2 Å². The summed E-state index contributed by atoms with van der Waals surface area (Å²) in [7, 11) is 0. The van der Waals surface area contributed by atoms with Crippen molar-refractivity contribution in [3.05, 3.63) is 65.5 Å². The van der Waals surface area contributed by atoms with Gasteiger partial charge in [0.05, 0.1) is 19.1 Å². The number of halogens is 4. The van der Waals surface area contributed by atoms with Crippen LogP contribution in [0.3, 0.4) is 0 Å².